The average Bonchev–Trinajstić information content (AvgIpc) is 3.59. The number of amides is 1. The highest BCUT2D eigenvalue weighted by molar-refractivity contribution is 7.11. The number of hydrogen-bond donors (Lipinski definition) is 0. The largest absolute Gasteiger partial charge is 0.492 e. The van der Waals surface area contributed by atoms with E-state index in [1.807, 2.05) is 59.3 Å². The Morgan fingerprint density at radius 1 is 0.946 bits per heavy atom. The molecule has 1 aliphatic heterocycles. The molecule has 3 aromatic rings. The molecule has 0 aliphatic carbocycles. The fourth-order valence-corrected chi connectivity index (χ4v) is 5.35. The first-order chi connectivity index (χ1) is 17.1. The van der Waals surface area contributed by atoms with Gasteiger partial charge in [-0.05, 0) is 72.4 Å². The van der Waals surface area contributed by atoms with Gasteiger partial charge < -0.3 is 20.0 Å². The van der Waals surface area contributed by atoms with Crippen molar-refractivity contribution in [2.75, 3.05) is 39.3 Å². The van der Waals surface area contributed by atoms with Crippen LogP contribution in [0.4, 0.5) is 0 Å². The Hall–Kier alpha value is -2.75. The van der Waals surface area contributed by atoms with Crippen LogP contribution in [0.2, 0.25) is 0 Å². The third-order valence-electron chi connectivity index (χ3n) is 5.98. The number of halogens is 1. The highest BCUT2D eigenvalue weighted by Gasteiger charge is 2.29. The molecule has 0 radical (unpaired) electrons. The van der Waals surface area contributed by atoms with Gasteiger partial charge >= 0.3 is 0 Å². The molecular weight excluding hydrogens is 528 g/mol. The zero-order chi connectivity index (χ0) is 24.6. The number of benzene rings is 1. The summed E-state index contributed by atoms with van der Waals surface area (Å²) in [4.78, 5) is 32.7. The van der Waals surface area contributed by atoms with Crippen molar-refractivity contribution in [3.63, 3.8) is 0 Å². The van der Waals surface area contributed by atoms with Crippen LogP contribution < -0.4 is 4.74 Å². The molecule has 1 aliphatic rings. The zero-order valence-corrected chi connectivity index (χ0v) is 23.5. The van der Waals surface area contributed by atoms with Crippen molar-refractivity contribution in [3.8, 4) is 5.75 Å². The van der Waals surface area contributed by atoms with Crippen LogP contribution in [0.1, 0.15) is 34.0 Å². The summed E-state index contributed by atoms with van der Waals surface area (Å²) < 4.78 is 5.86. The number of nitrogens with zero attached hydrogens (tertiary/aromatic N) is 2. The molecule has 198 valence electrons. The predicted molar refractivity (Wildman–Crippen MR) is 156 cm³/mol. The van der Waals surface area contributed by atoms with Gasteiger partial charge in [0.15, 0.2) is 5.78 Å². The van der Waals surface area contributed by atoms with E-state index >= 15 is 0 Å². The number of hydrogen-bond acceptors (Lipinski definition) is 6. The van der Waals surface area contributed by atoms with Gasteiger partial charge in [0.05, 0.1) is 13.1 Å². The Morgan fingerprint density at radius 3 is 1.95 bits per heavy atom. The van der Waals surface area contributed by atoms with Crippen LogP contribution in [0.25, 0.3) is 12.2 Å². The van der Waals surface area contributed by atoms with Gasteiger partial charge in [-0.2, -0.15) is 0 Å². The standard InChI is InChI=1S/C28H30N2O3S2.ClH.H2O/c1-3-29(4-2)13-14-33-24-11-9-21(10-12-24)28(32)30-19-22(17-25-7-5-15-34-25)27(31)23(20-30)18-26-8-6-16-35-26;;/h5-12,15-18H,3-4,13-14,19-20H2,1-2H3;1H;1H2. The van der Waals surface area contributed by atoms with Crippen molar-refractivity contribution in [1.82, 2.24) is 9.80 Å². The fraction of sp³-hybridized carbons (Fsp3) is 0.286. The molecule has 2 N–H and O–H groups in total. The van der Waals surface area contributed by atoms with Gasteiger partial charge in [-0.1, -0.05) is 26.0 Å². The number of likely N-dealkylation sites (tertiary alicyclic amines) is 1. The minimum absolute atomic E-state index is 0. The van der Waals surface area contributed by atoms with Crippen molar-refractivity contribution in [3.05, 3.63) is 85.8 Å². The molecule has 6 nitrogen and oxygen atoms in total. The lowest BCUT2D eigenvalue weighted by Gasteiger charge is -2.30. The van der Waals surface area contributed by atoms with E-state index in [0.717, 1.165) is 35.1 Å². The van der Waals surface area contributed by atoms with Crippen LogP contribution in [-0.4, -0.2) is 66.3 Å². The summed E-state index contributed by atoms with van der Waals surface area (Å²) >= 11 is 3.15. The zero-order valence-electron chi connectivity index (χ0n) is 21.0. The summed E-state index contributed by atoms with van der Waals surface area (Å²) in [6.45, 7) is 8.33. The van der Waals surface area contributed by atoms with Gasteiger partial charge in [-0.25, -0.2) is 0 Å². The molecule has 1 saturated heterocycles. The number of rotatable bonds is 9. The number of carbonyl (C=O) groups is 2. The summed E-state index contributed by atoms with van der Waals surface area (Å²) in [7, 11) is 0. The van der Waals surface area contributed by atoms with Gasteiger partial charge in [0, 0.05) is 33.0 Å². The van der Waals surface area contributed by atoms with Gasteiger partial charge in [0.2, 0.25) is 0 Å². The van der Waals surface area contributed by atoms with E-state index in [-0.39, 0.29) is 29.6 Å². The molecule has 1 amide bonds. The lowest BCUT2D eigenvalue weighted by Crippen LogP contribution is -2.41. The lowest BCUT2D eigenvalue weighted by atomic mass is 9.95. The minimum atomic E-state index is -0.0960. The SMILES string of the molecule is CCN(CC)CCOc1ccc(C(=O)N2CC(=Cc3cccs3)C(=O)C(=Cc3cccs3)C2)cc1.Cl.O. The number of ether oxygens (including phenoxy) is 1. The number of ketones is 1. The maximum absolute atomic E-state index is 13.4. The summed E-state index contributed by atoms with van der Waals surface area (Å²) in [5, 5.41) is 3.97. The summed E-state index contributed by atoms with van der Waals surface area (Å²) in [5.41, 5.74) is 1.85. The summed E-state index contributed by atoms with van der Waals surface area (Å²) in [6, 6.07) is 15.2. The van der Waals surface area contributed by atoms with Crippen molar-refractivity contribution < 1.29 is 19.8 Å². The average molecular weight is 561 g/mol. The third kappa shape index (κ3) is 8.12. The summed E-state index contributed by atoms with van der Waals surface area (Å²) in [6.07, 6.45) is 3.81. The summed E-state index contributed by atoms with van der Waals surface area (Å²) in [5.74, 6) is 0.660. The molecule has 2 aromatic heterocycles. The first-order valence-corrected chi connectivity index (χ1v) is 13.6. The number of carbonyl (C=O) groups excluding carboxylic acids is 2. The molecule has 0 saturated carbocycles. The molecule has 4 rings (SSSR count). The molecule has 0 unspecified atom stereocenters. The van der Waals surface area contributed by atoms with Crippen molar-refractivity contribution >= 4 is 58.9 Å². The molecule has 9 heteroatoms. The van der Waals surface area contributed by atoms with Crippen molar-refractivity contribution in [2.24, 2.45) is 0 Å². The van der Waals surface area contributed by atoms with E-state index in [1.165, 1.54) is 0 Å². The van der Waals surface area contributed by atoms with Crippen LogP contribution in [0.3, 0.4) is 0 Å². The normalized spacial score (nSPS) is 15.5. The van der Waals surface area contributed by atoms with Crippen LogP contribution in [0, 0.1) is 0 Å². The molecular formula is C28H33ClN2O4S2. The monoisotopic (exact) mass is 560 g/mol. The quantitative estimate of drug-likeness (QED) is 0.332. The van der Waals surface area contributed by atoms with E-state index < -0.39 is 0 Å². The highest BCUT2D eigenvalue weighted by atomic mass is 35.5. The molecule has 37 heavy (non-hydrogen) atoms. The molecule has 0 spiro atoms. The van der Waals surface area contributed by atoms with Crippen molar-refractivity contribution in [2.45, 2.75) is 13.8 Å². The molecule has 0 atom stereocenters. The number of likely N-dealkylation sites (N-methyl/N-ethyl adjacent to an activating group) is 1. The number of Topliss-reactive ketones (excluding diaryl/α,β-unsaturated/α-hetero) is 1. The van der Waals surface area contributed by atoms with Gasteiger partial charge in [0.1, 0.15) is 12.4 Å². The van der Waals surface area contributed by atoms with Crippen LogP contribution in [0.15, 0.2) is 70.4 Å². The second-order valence-electron chi connectivity index (χ2n) is 8.26. The topological polar surface area (TPSA) is 81.3 Å². The van der Waals surface area contributed by atoms with Crippen LogP contribution in [0.5, 0.6) is 5.75 Å². The fourth-order valence-electron chi connectivity index (χ4n) is 3.98. The first-order valence-electron chi connectivity index (χ1n) is 11.8. The van der Waals surface area contributed by atoms with E-state index in [4.69, 9.17) is 4.74 Å². The molecule has 3 heterocycles. The predicted octanol–water partition coefficient (Wildman–Crippen LogP) is 5.32. The molecule has 0 bridgehead atoms. The van der Waals surface area contributed by atoms with E-state index in [0.29, 0.717) is 36.4 Å². The van der Waals surface area contributed by atoms with Crippen LogP contribution >= 0.6 is 35.1 Å². The Labute approximate surface area is 232 Å². The maximum Gasteiger partial charge on any atom is 0.254 e. The van der Waals surface area contributed by atoms with Gasteiger partial charge in [-0.3, -0.25) is 9.59 Å². The first kappa shape index (κ1) is 30.5. The van der Waals surface area contributed by atoms with E-state index in [1.54, 1.807) is 39.7 Å². The van der Waals surface area contributed by atoms with Gasteiger partial charge in [-0.15, -0.1) is 35.1 Å². The second kappa shape index (κ2) is 14.9. The Morgan fingerprint density at radius 2 is 1.49 bits per heavy atom. The van der Waals surface area contributed by atoms with Gasteiger partial charge in [0.25, 0.3) is 5.91 Å². The molecule has 1 fully saturated rings. The number of piperidine rings is 1. The van der Waals surface area contributed by atoms with Crippen molar-refractivity contribution in [1.29, 1.82) is 0 Å². The Balaban J connectivity index is 0.00000241. The molecule has 1 aromatic carbocycles. The second-order valence-corrected chi connectivity index (χ2v) is 10.2. The third-order valence-corrected chi connectivity index (χ3v) is 7.62. The van der Waals surface area contributed by atoms with E-state index in [9.17, 15) is 9.59 Å². The smallest absolute Gasteiger partial charge is 0.254 e. The van der Waals surface area contributed by atoms with Crippen LogP contribution in [-0.2, 0) is 4.79 Å². The van der Waals surface area contributed by atoms with E-state index in [2.05, 4.69) is 18.7 Å². The lowest BCUT2D eigenvalue weighted by molar-refractivity contribution is -0.113. The maximum atomic E-state index is 13.4. The number of thiophene rings is 2. The highest BCUT2D eigenvalue weighted by Crippen LogP contribution is 2.26. The Bertz CT molecular complexity index is 1130. The Kier molecular flexibility index (Phi) is 12.2. The minimum Gasteiger partial charge on any atom is -0.492 e.